The van der Waals surface area contributed by atoms with Crippen LogP contribution in [0.5, 0.6) is 11.5 Å². The van der Waals surface area contributed by atoms with Crippen molar-refractivity contribution in [2.24, 2.45) is 14.1 Å². The van der Waals surface area contributed by atoms with Crippen molar-refractivity contribution >= 4 is 88.2 Å². The first kappa shape index (κ1) is 48.3. The number of nitrogens with zero attached hydrogens (tertiary/aromatic N) is 6. The van der Waals surface area contributed by atoms with Gasteiger partial charge < -0.3 is 28.2 Å². The molecule has 0 aliphatic carbocycles. The molecule has 0 spiro atoms. The molecular weight excluding hydrogens is 1120 g/mol. The molecule has 0 fully saturated rings. The molecule has 9 aromatic carbocycles. The Morgan fingerprint density at radius 2 is 1.09 bits per heavy atom. The minimum absolute atomic E-state index is 0. The summed E-state index contributed by atoms with van der Waals surface area (Å²) >= 11 is 0. The van der Waals surface area contributed by atoms with Gasteiger partial charge in [-0.15, -0.1) is 53.6 Å². The standard InChI is InChI=1S/C69H55N6O.Pt/c1-42-32-43(2)65(44(3)33-42)46-34-47(73-41-74(62-29-19-18-28-61(62)73)68-66-54(51-23-12-15-25-58(51)71(66)7)38-55-52-24-13-16-26-59(52)72(8)67(55)68)36-49(35-46)76-48-30-31-53-50-22-14-17-27-60(50)75(63(53)37-48)64-39-57(69(4,5)6)56(40-70-64)45-20-10-9-11-21-45;/h9-35,38-41H,1-8H3;/q-3;. The number of pyridine rings is 1. The van der Waals surface area contributed by atoms with Crippen molar-refractivity contribution in [1.82, 2.24) is 18.7 Å². The molecule has 0 atom stereocenters. The summed E-state index contributed by atoms with van der Waals surface area (Å²) in [6.07, 6.45) is 2.03. The van der Waals surface area contributed by atoms with Gasteiger partial charge in [0.05, 0.1) is 16.7 Å². The van der Waals surface area contributed by atoms with Crippen molar-refractivity contribution in [3.05, 3.63) is 223 Å². The van der Waals surface area contributed by atoms with Gasteiger partial charge in [0.15, 0.2) is 0 Å². The molecule has 4 aromatic heterocycles. The van der Waals surface area contributed by atoms with E-state index >= 15 is 0 Å². The summed E-state index contributed by atoms with van der Waals surface area (Å²) < 4.78 is 14.1. The van der Waals surface area contributed by atoms with E-state index in [9.17, 15) is 0 Å². The zero-order valence-corrected chi connectivity index (χ0v) is 46.6. The Bertz CT molecular complexity index is 4420. The van der Waals surface area contributed by atoms with Crippen LogP contribution in [-0.4, -0.2) is 18.7 Å². The maximum absolute atomic E-state index is 7.10. The fourth-order valence-corrected chi connectivity index (χ4v) is 12.5. The molecule has 0 saturated heterocycles. The van der Waals surface area contributed by atoms with E-state index in [-0.39, 0.29) is 26.5 Å². The van der Waals surface area contributed by atoms with Crippen molar-refractivity contribution in [3.8, 4) is 39.6 Å². The van der Waals surface area contributed by atoms with E-state index in [2.05, 4.69) is 268 Å². The molecule has 0 bridgehead atoms. The number of aromatic nitrogens is 4. The van der Waals surface area contributed by atoms with Crippen LogP contribution in [0.1, 0.15) is 43.0 Å². The monoisotopic (exact) mass is 1180 g/mol. The van der Waals surface area contributed by atoms with Crippen LogP contribution in [0.2, 0.25) is 0 Å². The molecule has 380 valence electrons. The molecule has 14 rings (SSSR count). The maximum Gasteiger partial charge on any atom is 0.135 e. The van der Waals surface area contributed by atoms with E-state index < -0.39 is 0 Å². The molecule has 1 aliphatic rings. The Morgan fingerprint density at radius 1 is 0.519 bits per heavy atom. The second-order valence-electron chi connectivity index (χ2n) is 21.6. The van der Waals surface area contributed by atoms with Crippen molar-refractivity contribution in [1.29, 1.82) is 0 Å². The van der Waals surface area contributed by atoms with Gasteiger partial charge in [-0.1, -0.05) is 141 Å². The van der Waals surface area contributed by atoms with Crippen LogP contribution in [0, 0.1) is 39.6 Å². The number of para-hydroxylation sites is 5. The first-order valence-electron chi connectivity index (χ1n) is 26.1. The van der Waals surface area contributed by atoms with E-state index in [1.165, 1.54) is 71.4 Å². The molecule has 0 amide bonds. The van der Waals surface area contributed by atoms with E-state index in [0.29, 0.717) is 11.5 Å². The third-order valence-corrected chi connectivity index (χ3v) is 15.7. The molecule has 0 N–H and O–H groups in total. The van der Waals surface area contributed by atoms with Gasteiger partial charge >= 0.3 is 0 Å². The summed E-state index contributed by atoms with van der Waals surface area (Å²) in [4.78, 5) is 9.88. The summed E-state index contributed by atoms with van der Waals surface area (Å²) in [5.74, 6) is 2.00. The Balaban J connectivity index is 0.00000566. The predicted molar refractivity (Wildman–Crippen MR) is 316 cm³/mol. The van der Waals surface area contributed by atoms with Gasteiger partial charge in [0, 0.05) is 108 Å². The molecule has 0 radical (unpaired) electrons. The van der Waals surface area contributed by atoms with Gasteiger partial charge in [0.25, 0.3) is 0 Å². The molecule has 8 heteroatoms. The minimum atomic E-state index is -0.151. The maximum atomic E-state index is 7.10. The van der Waals surface area contributed by atoms with Crippen molar-refractivity contribution in [2.75, 3.05) is 9.80 Å². The molecule has 1 aliphatic heterocycles. The van der Waals surface area contributed by atoms with Crippen LogP contribution in [0.25, 0.3) is 93.5 Å². The third kappa shape index (κ3) is 7.61. The van der Waals surface area contributed by atoms with Gasteiger partial charge in [0.1, 0.15) is 5.82 Å². The first-order valence-corrected chi connectivity index (χ1v) is 26.1. The number of hydrogen-bond acceptors (Lipinski definition) is 4. The Morgan fingerprint density at radius 3 is 1.73 bits per heavy atom. The molecule has 5 heterocycles. The largest absolute Gasteiger partial charge is 0.509 e. The van der Waals surface area contributed by atoms with Crippen molar-refractivity contribution in [3.63, 3.8) is 0 Å². The smallest absolute Gasteiger partial charge is 0.135 e. The van der Waals surface area contributed by atoms with Gasteiger partial charge in [-0.2, -0.15) is 6.07 Å². The minimum Gasteiger partial charge on any atom is -0.509 e. The fraction of sp³-hybridized carbons (Fsp3) is 0.130. The van der Waals surface area contributed by atoms with Crippen LogP contribution in [-0.2, 0) is 40.6 Å². The van der Waals surface area contributed by atoms with Crippen molar-refractivity contribution < 1.29 is 25.8 Å². The van der Waals surface area contributed by atoms with Crippen LogP contribution in [0.3, 0.4) is 0 Å². The Hall–Kier alpha value is -8.38. The molecule has 77 heavy (non-hydrogen) atoms. The van der Waals surface area contributed by atoms with Crippen LogP contribution in [0.15, 0.2) is 182 Å². The Kier molecular flexibility index (Phi) is 11.4. The number of hydrogen-bond donors (Lipinski definition) is 0. The van der Waals surface area contributed by atoms with Gasteiger partial charge in [-0.05, 0) is 102 Å². The number of benzene rings is 9. The predicted octanol–water partition coefficient (Wildman–Crippen LogP) is 17.8. The van der Waals surface area contributed by atoms with E-state index in [0.717, 1.165) is 67.1 Å². The van der Waals surface area contributed by atoms with E-state index in [1.807, 2.05) is 12.3 Å². The van der Waals surface area contributed by atoms with E-state index in [1.54, 1.807) is 0 Å². The molecule has 0 unspecified atom stereocenters. The number of ether oxygens (including phenoxy) is 1. The average molecular weight is 1180 g/mol. The third-order valence-electron chi connectivity index (χ3n) is 15.7. The molecular formula is C69H55N6OPt-3. The number of anilines is 4. The van der Waals surface area contributed by atoms with Crippen LogP contribution >= 0.6 is 0 Å². The fourth-order valence-electron chi connectivity index (χ4n) is 12.5. The summed E-state index contributed by atoms with van der Waals surface area (Å²) in [7, 11) is 4.40. The second kappa shape index (κ2) is 18.1. The summed E-state index contributed by atoms with van der Waals surface area (Å²) in [5, 5.41) is 7.10. The second-order valence-corrected chi connectivity index (χ2v) is 21.6. The van der Waals surface area contributed by atoms with E-state index in [4.69, 9.17) is 9.72 Å². The normalized spacial score (nSPS) is 12.7. The first-order chi connectivity index (χ1) is 36.9. The Labute approximate surface area is 463 Å². The molecule has 7 nitrogen and oxygen atoms in total. The summed E-state index contributed by atoms with van der Waals surface area (Å²) in [6, 6.07) is 70.7. The zero-order valence-electron chi connectivity index (χ0n) is 44.3. The number of aryl methyl sites for hydroxylation is 5. The molecule has 13 aromatic rings. The van der Waals surface area contributed by atoms with Crippen LogP contribution < -0.4 is 14.5 Å². The average Bonchev–Trinajstić information content (AvgIpc) is 4.25. The van der Waals surface area contributed by atoms with Gasteiger partial charge in [0.2, 0.25) is 0 Å². The SMILES string of the molecule is Cc1cc(C)c(-c2cc(Oc3[c-]c4c(cc3)c3ccccc3n4-c3cc(C(C)(C)C)c(-c4ccccc4)cn3)[c-]c(N3[CH-]N(c4c5c(cc6c7ccccc7n(C)c46)c4ccccc4n5C)c4ccccc43)c2)c(C)c1.[Pt]. The summed E-state index contributed by atoms with van der Waals surface area (Å²) in [5.41, 5.74) is 19.9. The number of fused-ring (bicyclic) bond motifs is 10. The van der Waals surface area contributed by atoms with Crippen molar-refractivity contribution in [2.45, 2.75) is 47.0 Å². The zero-order chi connectivity index (χ0) is 51.7. The topological polar surface area (TPSA) is 43.4 Å². The van der Waals surface area contributed by atoms with Gasteiger partial charge in [-0.3, -0.25) is 0 Å². The molecule has 0 saturated carbocycles. The number of rotatable bonds is 7. The van der Waals surface area contributed by atoms with Crippen LogP contribution in [0.4, 0.5) is 22.7 Å². The quantitative estimate of drug-likeness (QED) is 0.149. The summed E-state index contributed by atoms with van der Waals surface area (Å²) in [6.45, 7) is 15.6. The van der Waals surface area contributed by atoms with Gasteiger partial charge in [-0.25, -0.2) is 4.98 Å².